The molecule has 0 radical (unpaired) electrons. The molecule has 1 saturated heterocycles. The van der Waals surface area contributed by atoms with Gasteiger partial charge in [-0.3, -0.25) is 0 Å². The number of benzene rings is 3. The Morgan fingerprint density at radius 2 is 1.52 bits per heavy atom. The third-order valence-corrected chi connectivity index (χ3v) is 6.76. The third kappa shape index (κ3) is 3.64. The highest BCUT2D eigenvalue weighted by molar-refractivity contribution is 7.25. The van der Waals surface area contributed by atoms with E-state index in [1.165, 1.54) is 31.3 Å². The van der Waals surface area contributed by atoms with Crippen molar-refractivity contribution in [2.24, 2.45) is 0 Å². The van der Waals surface area contributed by atoms with Gasteiger partial charge in [-0.15, -0.1) is 11.3 Å². The molecule has 3 aromatic carbocycles. The van der Waals surface area contributed by atoms with Crippen molar-refractivity contribution in [3.05, 3.63) is 77.9 Å². The topological polar surface area (TPSA) is 27.7 Å². The smallest absolute Gasteiger partial charge is 0.168 e. The van der Waals surface area contributed by atoms with Gasteiger partial charge in [0.25, 0.3) is 0 Å². The quantitative estimate of drug-likeness (QED) is 0.397. The Balaban J connectivity index is 1.63. The molecule has 2 heterocycles. The van der Waals surface area contributed by atoms with Crippen LogP contribution in [0.4, 0.5) is 0 Å². The Hall–Kier alpha value is -2.40. The summed E-state index contributed by atoms with van der Waals surface area (Å²) in [6.07, 6.45) is 1.80. The molecule has 5 rings (SSSR count). The van der Waals surface area contributed by atoms with E-state index in [2.05, 4.69) is 54.6 Å². The first kappa shape index (κ1) is 18.6. The number of fused-ring (bicyclic) bond motifs is 3. The molecule has 1 aliphatic heterocycles. The maximum atomic E-state index is 6.16. The first-order valence-corrected chi connectivity index (χ1v) is 10.9. The van der Waals surface area contributed by atoms with E-state index in [0.717, 1.165) is 31.8 Å². The molecule has 0 amide bonds. The monoisotopic (exact) mass is 404 g/mol. The Morgan fingerprint density at radius 3 is 2.28 bits per heavy atom. The number of thiophene rings is 1. The zero-order chi connectivity index (χ0) is 19.6. The van der Waals surface area contributed by atoms with Gasteiger partial charge < -0.3 is 14.2 Å². The number of ether oxygens (including phenoxy) is 3. The second-order valence-electron chi connectivity index (χ2n) is 7.42. The molecular formula is C25H24O3S. The molecule has 0 N–H and O–H groups in total. The summed E-state index contributed by atoms with van der Waals surface area (Å²) in [5.41, 5.74) is 2.40. The second kappa shape index (κ2) is 8.15. The van der Waals surface area contributed by atoms with Crippen molar-refractivity contribution in [2.75, 3.05) is 20.3 Å². The molecule has 1 fully saturated rings. The normalized spacial score (nSPS) is 16.7. The number of hydrogen-bond acceptors (Lipinski definition) is 4. The Bertz CT molecular complexity index is 1110. The van der Waals surface area contributed by atoms with Crippen LogP contribution >= 0.6 is 11.3 Å². The molecule has 0 aliphatic carbocycles. The maximum absolute atomic E-state index is 6.16. The summed E-state index contributed by atoms with van der Waals surface area (Å²) in [6.45, 7) is 1.47. The highest BCUT2D eigenvalue weighted by Gasteiger charge is 2.28. The SMILES string of the molecule is COc1ccc(C(c2ccc3sc4ccccc4c3c2)C2OCCCCO2)cc1. The van der Waals surface area contributed by atoms with Gasteiger partial charge >= 0.3 is 0 Å². The maximum Gasteiger partial charge on any atom is 0.168 e. The second-order valence-corrected chi connectivity index (χ2v) is 8.51. The summed E-state index contributed by atoms with van der Waals surface area (Å²) < 4.78 is 20.3. The van der Waals surface area contributed by atoms with Crippen molar-refractivity contribution in [1.82, 2.24) is 0 Å². The van der Waals surface area contributed by atoms with Crippen LogP contribution in [0.25, 0.3) is 20.2 Å². The predicted molar refractivity (Wildman–Crippen MR) is 119 cm³/mol. The highest BCUT2D eigenvalue weighted by atomic mass is 32.1. The van der Waals surface area contributed by atoms with Crippen LogP contribution in [0.2, 0.25) is 0 Å². The highest BCUT2D eigenvalue weighted by Crippen LogP contribution is 2.39. The van der Waals surface area contributed by atoms with Crippen LogP contribution in [0.3, 0.4) is 0 Å². The lowest BCUT2D eigenvalue weighted by atomic mass is 9.89. The molecule has 0 spiro atoms. The van der Waals surface area contributed by atoms with Gasteiger partial charge in [0.05, 0.1) is 13.0 Å². The molecule has 4 aromatic rings. The lowest BCUT2D eigenvalue weighted by molar-refractivity contribution is -0.134. The summed E-state index contributed by atoms with van der Waals surface area (Å²) in [6, 6.07) is 23.7. The molecule has 1 atom stereocenters. The first-order chi connectivity index (χ1) is 14.3. The Kier molecular flexibility index (Phi) is 5.23. The minimum absolute atomic E-state index is 0.0158. The van der Waals surface area contributed by atoms with Gasteiger partial charge in [-0.2, -0.15) is 0 Å². The number of hydrogen-bond donors (Lipinski definition) is 0. The van der Waals surface area contributed by atoms with E-state index in [1.54, 1.807) is 7.11 Å². The molecule has 4 heteroatoms. The third-order valence-electron chi connectivity index (χ3n) is 5.61. The van der Waals surface area contributed by atoms with Gasteiger partial charge in [0.2, 0.25) is 0 Å². The van der Waals surface area contributed by atoms with E-state index in [1.807, 2.05) is 23.5 Å². The van der Waals surface area contributed by atoms with E-state index < -0.39 is 0 Å². The van der Waals surface area contributed by atoms with Gasteiger partial charge in [-0.25, -0.2) is 0 Å². The molecule has 148 valence electrons. The fraction of sp³-hybridized carbons (Fsp3) is 0.280. The van der Waals surface area contributed by atoms with Crippen LogP contribution in [-0.2, 0) is 9.47 Å². The van der Waals surface area contributed by atoms with Crippen LogP contribution in [-0.4, -0.2) is 26.6 Å². The molecule has 1 unspecified atom stereocenters. The fourth-order valence-electron chi connectivity index (χ4n) is 4.10. The summed E-state index contributed by atoms with van der Waals surface area (Å²) in [7, 11) is 1.69. The van der Waals surface area contributed by atoms with Gasteiger partial charge in [0, 0.05) is 33.4 Å². The van der Waals surface area contributed by atoms with E-state index >= 15 is 0 Å². The lowest BCUT2D eigenvalue weighted by Gasteiger charge is -2.27. The van der Waals surface area contributed by atoms with E-state index in [-0.39, 0.29) is 12.2 Å². The van der Waals surface area contributed by atoms with Crippen molar-refractivity contribution >= 4 is 31.5 Å². The summed E-state index contributed by atoms with van der Waals surface area (Å²) in [5, 5.41) is 2.61. The molecule has 1 aliphatic rings. The van der Waals surface area contributed by atoms with Crippen LogP contribution in [0.5, 0.6) is 5.75 Å². The van der Waals surface area contributed by atoms with Crippen molar-refractivity contribution in [3.8, 4) is 5.75 Å². The Labute approximate surface area is 174 Å². The van der Waals surface area contributed by atoms with Crippen LogP contribution in [0.1, 0.15) is 29.9 Å². The summed E-state index contributed by atoms with van der Waals surface area (Å²) in [5.74, 6) is 0.872. The predicted octanol–water partition coefficient (Wildman–Crippen LogP) is 6.35. The van der Waals surface area contributed by atoms with Crippen LogP contribution < -0.4 is 4.74 Å². The van der Waals surface area contributed by atoms with Gasteiger partial charge in [-0.05, 0) is 54.3 Å². The lowest BCUT2D eigenvalue weighted by Crippen LogP contribution is -2.26. The number of methoxy groups -OCH3 is 1. The standard InChI is InChI=1S/C25H24O3S/c1-26-19-11-8-17(9-12-19)24(25-27-14-4-5-15-28-25)18-10-13-23-21(16-18)20-6-2-3-7-22(20)29-23/h2-3,6-13,16,24-25H,4-5,14-15H2,1H3. The zero-order valence-electron chi connectivity index (χ0n) is 16.5. The molecule has 1 aromatic heterocycles. The average Bonchev–Trinajstić information content (AvgIpc) is 2.93. The zero-order valence-corrected chi connectivity index (χ0v) is 17.3. The summed E-state index contributed by atoms with van der Waals surface area (Å²) in [4.78, 5) is 0. The van der Waals surface area contributed by atoms with E-state index in [4.69, 9.17) is 14.2 Å². The minimum atomic E-state index is -0.284. The number of rotatable bonds is 4. The molecule has 29 heavy (non-hydrogen) atoms. The van der Waals surface area contributed by atoms with Gasteiger partial charge in [-0.1, -0.05) is 36.4 Å². The summed E-state index contributed by atoms with van der Waals surface area (Å²) >= 11 is 1.84. The van der Waals surface area contributed by atoms with Crippen molar-refractivity contribution in [1.29, 1.82) is 0 Å². The molecule has 3 nitrogen and oxygen atoms in total. The fourth-order valence-corrected chi connectivity index (χ4v) is 5.19. The van der Waals surface area contributed by atoms with Crippen LogP contribution in [0, 0.1) is 0 Å². The Morgan fingerprint density at radius 1 is 0.828 bits per heavy atom. The van der Waals surface area contributed by atoms with Crippen molar-refractivity contribution in [2.45, 2.75) is 25.0 Å². The molecule has 0 bridgehead atoms. The first-order valence-electron chi connectivity index (χ1n) is 10.1. The van der Waals surface area contributed by atoms with E-state index in [9.17, 15) is 0 Å². The molecular weight excluding hydrogens is 380 g/mol. The average molecular weight is 405 g/mol. The van der Waals surface area contributed by atoms with Crippen molar-refractivity contribution in [3.63, 3.8) is 0 Å². The van der Waals surface area contributed by atoms with Gasteiger partial charge in [0.15, 0.2) is 6.29 Å². The van der Waals surface area contributed by atoms with Crippen LogP contribution in [0.15, 0.2) is 66.7 Å². The molecule has 0 saturated carbocycles. The largest absolute Gasteiger partial charge is 0.497 e. The van der Waals surface area contributed by atoms with Gasteiger partial charge in [0.1, 0.15) is 5.75 Å². The van der Waals surface area contributed by atoms with E-state index in [0.29, 0.717) is 0 Å². The minimum Gasteiger partial charge on any atom is -0.497 e. The van der Waals surface area contributed by atoms with Crippen molar-refractivity contribution < 1.29 is 14.2 Å².